The Morgan fingerprint density at radius 1 is 1.35 bits per heavy atom. The van der Waals surface area contributed by atoms with Crippen molar-refractivity contribution in [2.75, 3.05) is 7.11 Å². The topological polar surface area (TPSA) is 42.4 Å². The number of aliphatic hydroxyl groups is 1. The van der Waals surface area contributed by atoms with Crippen LogP contribution in [0.3, 0.4) is 0 Å². The van der Waals surface area contributed by atoms with Gasteiger partial charge in [0.2, 0.25) is 0 Å². The number of benzene rings is 1. The highest BCUT2D eigenvalue weighted by molar-refractivity contribution is 9.10. The molecule has 1 N–H and O–H groups in total. The molecule has 1 heterocycles. The third kappa shape index (κ3) is 3.35. The van der Waals surface area contributed by atoms with E-state index in [4.69, 9.17) is 4.74 Å². The van der Waals surface area contributed by atoms with Gasteiger partial charge in [-0.3, -0.25) is 4.98 Å². The van der Waals surface area contributed by atoms with E-state index in [2.05, 4.69) is 20.9 Å². The molecule has 0 saturated heterocycles. The molecule has 1 aromatic carbocycles. The maximum atomic E-state index is 13.2. The van der Waals surface area contributed by atoms with Crippen LogP contribution in [0.25, 0.3) is 0 Å². The van der Waals surface area contributed by atoms with Crippen LogP contribution < -0.4 is 4.74 Å². The Hall–Kier alpha value is -1.46. The predicted octanol–water partition coefficient (Wildman–Crippen LogP) is 3.44. The molecule has 0 saturated carbocycles. The van der Waals surface area contributed by atoms with Gasteiger partial charge < -0.3 is 9.84 Å². The third-order valence-corrected chi connectivity index (χ3v) is 3.60. The molecule has 2 aromatic rings. The van der Waals surface area contributed by atoms with Gasteiger partial charge in [0.1, 0.15) is 11.6 Å². The summed E-state index contributed by atoms with van der Waals surface area (Å²) < 4.78 is 19.4. The molecule has 1 aromatic heterocycles. The Bertz CT molecular complexity index is 617. The maximum Gasteiger partial charge on any atom is 0.141 e. The van der Waals surface area contributed by atoms with Crippen LogP contribution in [0.5, 0.6) is 5.75 Å². The van der Waals surface area contributed by atoms with Gasteiger partial charge in [-0.25, -0.2) is 4.39 Å². The van der Waals surface area contributed by atoms with Gasteiger partial charge in [0.25, 0.3) is 0 Å². The van der Waals surface area contributed by atoms with E-state index < -0.39 is 11.4 Å². The van der Waals surface area contributed by atoms with Gasteiger partial charge in [0.05, 0.1) is 18.9 Å². The number of methoxy groups -OCH3 is 1. The van der Waals surface area contributed by atoms with E-state index in [9.17, 15) is 9.50 Å². The number of pyridine rings is 1. The summed E-state index contributed by atoms with van der Waals surface area (Å²) in [4.78, 5) is 3.78. The van der Waals surface area contributed by atoms with Crippen molar-refractivity contribution in [3.05, 3.63) is 58.1 Å². The molecule has 0 spiro atoms. The molecule has 1 atom stereocenters. The van der Waals surface area contributed by atoms with Crippen molar-refractivity contribution in [2.45, 2.75) is 18.9 Å². The normalized spacial score (nSPS) is 13.8. The highest BCUT2D eigenvalue weighted by Crippen LogP contribution is 2.31. The van der Waals surface area contributed by atoms with Crippen molar-refractivity contribution in [1.29, 1.82) is 0 Å². The summed E-state index contributed by atoms with van der Waals surface area (Å²) in [6.45, 7) is 1.63. The lowest BCUT2D eigenvalue weighted by Gasteiger charge is -2.24. The van der Waals surface area contributed by atoms with Gasteiger partial charge in [-0.2, -0.15) is 0 Å². The zero-order chi connectivity index (χ0) is 14.8. The van der Waals surface area contributed by atoms with E-state index in [0.29, 0.717) is 17.7 Å². The molecule has 0 aliphatic rings. The Kier molecular flexibility index (Phi) is 4.40. The minimum atomic E-state index is -1.23. The van der Waals surface area contributed by atoms with E-state index in [-0.39, 0.29) is 0 Å². The molecule has 0 radical (unpaired) electrons. The quantitative estimate of drug-likeness (QED) is 0.927. The minimum absolute atomic E-state index is 0.292. The molecule has 2 rings (SSSR count). The molecule has 0 aliphatic carbocycles. The number of hydrogen-bond donors (Lipinski definition) is 1. The van der Waals surface area contributed by atoms with Crippen molar-refractivity contribution < 1.29 is 14.2 Å². The average molecular weight is 340 g/mol. The number of halogens is 2. The molecule has 5 heteroatoms. The standard InChI is InChI=1S/C15H15BrFNO2/c1-15(19,11-6-13(17)9-18-8-11)7-10-5-12(16)3-4-14(10)20-2/h3-6,8-9,19H,7H2,1-2H3. The fourth-order valence-corrected chi connectivity index (χ4v) is 2.47. The monoisotopic (exact) mass is 339 g/mol. The van der Waals surface area contributed by atoms with Crippen molar-refractivity contribution >= 4 is 15.9 Å². The summed E-state index contributed by atoms with van der Waals surface area (Å²) in [7, 11) is 1.57. The molecule has 0 aliphatic heterocycles. The van der Waals surface area contributed by atoms with Crippen molar-refractivity contribution in [3.63, 3.8) is 0 Å². The lowest BCUT2D eigenvalue weighted by molar-refractivity contribution is 0.0562. The zero-order valence-electron chi connectivity index (χ0n) is 11.2. The number of hydrogen-bond acceptors (Lipinski definition) is 3. The second-order valence-electron chi connectivity index (χ2n) is 4.80. The van der Waals surface area contributed by atoms with Gasteiger partial charge in [0.15, 0.2) is 0 Å². The molecule has 106 valence electrons. The van der Waals surface area contributed by atoms with Crippen LogP contribution in [-0.4, -0.2) is 17.2 Å². The van der Waals surface area contributed by atoms with Crippen LogP contribution >= 0.6 is 15.9 Å². The van der Waals surface area contributed by atoms with Crippen LogP contribution in [0, 0.1) is 5.82 Å². The summed E-state index contributed by atoms with van der Waals surface area (Å²) in [5.74, 6) is 0.210. The molecule has 3 nitrogen and oxygen atoms in total. The number of aromatic nitrogens is 1. The van der Waals surface area contributed by atoms with E-state index in [0.717, 1.165) is 16.2 Å². The first kappa shape index (κ1) is 14.9. The molecule has 0 fully saturated rings. The van der Waals surface area contributed by atoms with Gasteiger partial charge >= 0.3 is 0 Å². The van der Waals surface area contributed by atoms with E-state index in [1.807, 2.05) is 18.2 Å². The Labute approximate surface area is 125 Å². The SMILES string of the molecule is COc1ccc(Br)cc1CC(C)(O)c1cncc(F)c1. The number of ether oxygens (including phenoxy) is 1. The summed E-state index contributed by atoms with van der Waals surface area (Å²) in [6.07, 6.45) is 2.87. The predicted molar refractivity (Wildman–Crippen MR) is 78.2 cm³/mol. The van der Waals surface area contributed by atoms with Crippen LogP contribution in [0.15, 0.2) is 41.1 Å². The summed E-state index contributed by atoms with van der Waals surface area (Å²) in [6, 6.07) is 6.84. The lowest BCUT2D eigenvalue weighted by atomic mass is 9.90. The maximum absolute atomic E-state index is 13.2. The first-order chi connectivity index (χ1) is 9.42. The van der Waals surface area contributed by atoms with Crippen LogP contribution in [0.2, 0.25) is 0 Å². The van der Waals surface area contributed by atoms with Crippen molar-refractivity contribution in [2.24, 2.45) is 0 Å². The average Bonchev–Trinajstić information content (AvgIpc) is 2.38. The van der Waals surface area contributed by atoms with Gasteiger partial charge in [0, 0.05) is 22.7 Å². The second kappa shape index (κ2) is 5.89. The van der Waals surface area contributed by atoms with Gasteiger partial charge in [-0.05, 0) is 36.8 Å². The first-order valence-electron chi connectivity index (χ1n) is 6.08. The fourth-order valence-electron chi connectivity index (χ4n) is 2.06. The Balaban J connectivity index is 2.35. The summed E-state index contributed by atoms with van der Waals surface area (Å²) in [5, 5.41) is 10.6. The van der Waals surface area contributed by atoms with Crippen molar-refractivity contribution in [1.82, 2.24) is 4.98 Å². The largest absolute Gasteiger partial charge is 0.496 e. The van der Waals surface area contributed by atoms with Crippen LogP contribution in [0.1, 0.15) is 18.1 Å². The minimum Gasteiger partial charge on any atom is -0.496 e. The molecule has 20 heavy (non-hydrogen) atoms. The molecule has 1 unspecified atom stereocenters. The van der Waals surface area contributed by atoms with Gasteiger partial charge in [-0.1, -0.05) is 15.9 Å². The van der Waals surface area contributed by atoms with Crippen LogP contribution in [-0.2, 0) is 12.0 Å². The van der Waals surface area contributed by atoms with Crippen molar-refractivity contribution in [3.8, 4) is 5.75 Å². The molecular weight excluding hydrogens is 325 g/mol. The fraction of sp³-hybridized carbons (Fsp3) is 0.267. The Morgan fingerprint density at radius 3 is 2.75 bits per heavy atom. The summed E-state index contributed by atoms with van der Waals surface area (Å²) in [5.41, 5.74) is 0.0269. The zero-order valence-corrected chi connectivity index (χ0v) is 12.8. The summed E-state index contributed by atoms with van der Waals surface area (Å²) >= 11 is 3.39. The highest BCUT2D eigenvalue weighted by atomic mass is 79.9. The second-order valence-corrected chi connectivity index (χ2v) is 5.71. The molecular formula is C15H15BrFNO2. The number of nitrogens with zero attached hydrogens (tertiary/aromatic N) is 1. The van der Waals surface area contributed by atoms with E-state index in [1.54, 1.807) is 14.0 Å². The first-order valence-corrected chi connectivity index (χ1v) is 6.87. The lowest BCUT2D eigenvalue weighted by Crippen LogP contribution is -2.25. The highest BCUT2D eigenvalue weighted by Gasteiger charge is 2.26. The molecule has 0 bridgehead atoms. The Morgan fingerprint density at radius 2 is 2.10 bits per heavy atom. The molecule has 0 amide bonds. The van der Waals surface area contributed by atoms with Crippen LogP contribution in [0.4, 0.5) is 4.39 Å². The smallest absolute Gasteiger partial charge is 0.141 e. The van der Waals surface area contributed by atoms with Gasteiger partial charge in [-0.15, -0.1) is 0 Å². The number of rotatable bonds is 4. The third-order valence-electron chi connectivity index (χ3n) is 3.10. The van der Waals surface area contributed by atoms with E-state index in [1.165, 1.54) is 12.3 Å². The van der Waals surface area contributed by atoms with E-state index >= 15 is 0 Å².